The summed E-state index contributed by atoms with van der Waals surface area (Å²) in [5.41, 5.74) is 0. The number of carbonyl (C=O) groups is 2. The highest BCUT2D eigenvalue weighted by atomic mass is 19.4. The molecule has 0 unspecified atom stereocenters. The lowest BCUT2D eigenvalue weighted by Crippen LogP contribution is -2.46. The Morgan fingerprint density at radius 2 is 1.60 bits per heavy atom. The van der Waals surface area contributed by atoms with Gasteiger partial charge in [-0.05, 0) is 33.8 Å². The monoisotopic (exact) mass is 299 g/mol. The summed E-state index contributed by atoms with van der Waals surface area (Å²) in [7, 11) is 0. The highest BCUT2D eigenvalue weighted by Crippen LogP contribution is 2.25. The highest BCUT2D eigenvalue weighted by molar-refractivity contribution is 6.32. The van der Waals surface area contributed by atoms with Crippen molar-refractivity contribution >= 4 is 11.9 Å². The van der Waals surface area contributed by atoms with Crippen LogP contribution < -0.4 is 0 Å². The molecule has 0 rings (SSSR count). The van der Waals surface area contributed by atoms with E-state index in [0.29, 0.717) is 0 Å². The Morgan fingerprint density at radius 3 is 1.95 bits per heavy atom. The van der Waals surface area contributed by atoms with Crippen LogP contribution in [-0.2, 0) is 14.3 Å². The number of hydrogen-bond donors (Lipinski definition) is 0. The standard InChI is InChI=1S/C12H17F4NO3/c1-7(2)17(8(3)4)10(18)11(19)20-6-5-9(13)12(14,15)16/h5,7-8H,6H2,1-4H3/b9-5-. The minimum absolute atomic E-state index is 0.0558. The fraction of sp³-hybridized carbons (Fsp3) is 0.667. The van der Waals surface area contributed by atoms with Gasteiger partial charge in [-0.15, -0.1) is 0 Å². The maximum absolute atomic E-state index is 12.4. The van der Waals surface area contributed by atoms with E-state index in [9.17, 15) is 27.2 Å². The summed E-state index contributed by atoms with van der Waals surface area (Å²) < 4.78 is 52.2. The molecule has 0 aliphatic rings. The SMILES string of the molecule is CC(C)N(C(=O)C(=O)OC/C=C(\F)C(F)(F)F)C(C)C. The van der Waals surface area contributed by atoms with E-state index in [0.717, 1.165) is 0 Å². The largest absolute Gasteiger partial charge is 0.454 e. The number of hydrogen-bond acceptors (Lipinski definition) is 3. The maximum atomic E-state index is 12.4. The first kappa shape index (κ1) is 18.4. The molecule has 8 heteroatoms. The predicted molar refractivity (Wildman–Crippen MR) is 63.3 cm³/mol. The van der Waals surface area contributed by atoms with Crippen molar-refractivity contribution in [1.82, 2.24) is 4.90 Å². The van der Waals surface area contributed by atoms with E-state index in [1.165, 1.54) is 4.90 Å². The average molecular weight is 299 g/mol. The van der Waals surface area contributed by atoms with Crippen LogP contribution in [-0.4, -0.2) is 41.6 Å². The van der Waals surface area contributed by atoms with Crippen molar-refractivity contribution in [3.8, 4) is 0 Å². The molecule has 0 spiro atoms. The zero-order valence-corrected chi connectivity index (χ0v) is 11.6. The first-order valence-corrected chi connectivity index (χ1v) is 5.90. The van der Waals surface area contributed by atoms with Crippen LogP contribution in [0.1, 0.15) is 27.7 Å². The molecule has 20 heavy (non-hydrogen) atoms. The Morgan fingerprint density at radius 1 is 1.15 bits per heavy atom. The van der Waals surface area contributed by atoms with Crippen LogP contribution in [0.4, 0.5) is 17.6 Å². The quantitative estimate of drug-likeness (QED) is 0.455. The Bertz CT molecular complexity index is 381. The molecule has 1 amide bonds. The lowest BCUT2D eigenvalue weighted by molar-refractivity contribution is -0.161. The van der Waals surface area contributed by atoms with Crippen LogP contribution in [0.3, 0.4) is 0 Å². The van der Waals surface area contributed by atoms with E-state index in [1.807, 2.05) is 0 Å². The van der Waals surface area contributed by atoms with Crippen LogP contribution in [0.15, 0.2) is 11.9 Å². The fourth-order valence-electron chi connectivity index (χ4n) is 1.54. The van der Waals surface area contributed by atoms with Crippen molar-refractivity contribution in [2.75, 3.05) is 6.61 Å². The third-order valence-corrected chi connectivity index (χ3v) is 2.27. The number of ether oxygens (including phenoxy) is 1. The second kappa shape index (κ2) is 7.25. The minimum Gasteiger partial charge on any atom is -0.454 e. The van der Waals surface area contributed by atoms with Gasteiger partial charge in [0.1, 0.15) is 6.61 Å². The number of carbonyl (C=O) groups excluding carboxylic acids is 2. The highest BCUT2D eigenvalue weighted by Gasteiger charge is 2.34. The number of alkyl halides is 3. The van der Waals surface area contributed by atoms with E-state index < -0.39 is 30.5 Å². The Balaban J connectivity index is 4.60. The van der Waals surface area contributed by atoms with Crippen LogP contribution in [0.5, 0.6) is 0 Å². The second-order valence-corrected chi connectivity index (χ2v) is 4.55. The molecule has 0 radical (unpaired) electrons. The molecule has 4 nitrogen and oxygen atoms in total. The van der Waals surface area contributed by atoms with E-state index >= 15 is 0 Å². The Kier molecular flexibility index (Phi) is 6.67. The fourth-order valence-corrected chi connectivity index (χ4v) is 1.54. The van der Waals surface area contributed by atoms with Crippen molar-refractivity contribution in [1.29, 1.82) is 0 Å². The smallest absolute Gasteiger partial charge is 0.442 e. The van der Waals surface area contributed by atoms with Crippen molar-refractivity contribution in [3.63, 3.8) is 0 Å². The zero-order chi connectivity index (χ0) is 16.1. The molecule has 0 N–H and O–H groups in total. The van der Waals surface area contributed by atoms with E-state index in [1.54, 1.807) is 27.7 Å². The number of amides is 1. The molecular weight excluding hydrogens is 282 g/mol. The molecule has 0 bridgehead atoms. The van der Waals surface area contributed by atoms with Crippen LogP contribution >= 0.6 is 0 Å². The third kappa shape index (κ3) is 5.58. The van der Waals surface area contributed by atoms with Crippen molar-refractivity contribution < 1.29 is 31.9 Å². The number of allylic oxidation sites excluding steroid dienone is 1. The molecule has 0 aromatic carbocycles. The first-order valence-electron chi connectivity index (χ1n) is 5.90. The molecule has 0 aliphatic carbocycles. The molecule has 116 valence electrons. The van der Waals surface area contributed by atoms with Gasteiger partial charge in [-0.25, -0.2) is 9.18 Å². The van der Waals surface area contributed by atoms with Crippen LogP contribution in [0, 0.1) is 0 Å². The van der Waals surface area contributed by atoms with Crippen molar-refractivity contribution in [3.05, 3.63) is 11.9 Å². The van der Waals surface area contributed by atoms with Gasteiger partial charge in [0, 0.05) is 12.1 Å². The summed E-state index contributed by atoms with van der Waals surface area (Å²) in [6.07, 6.45) is -5.07. The van der Waals surface area contributed by atoms with Gasteiger partial charge >= 0.3 is 18.1 Å². The maximum Gasteiger partial charge on any atom is 0.442 e. The summed E-state index contributed by atoms with van der Waals surface area (Å²) in [5.74, 6) is -4.67. The normalized spacial score (nSPS) is 12.8. The molecule has 0 heterocycles. The molecule has 0 fully saturated rings. The van der Waals surface area contributed by atoms with Crippen molar-refractivity contribution in [2.24, 2.45) is 0 Å². The summed E-state index contributed by atoms with van der Waals surface area (Å²) in [4.78, 5) is 24.3. The summed E-state index contributed by atoms with van der Waals surface area (Å²) in [5, 5.41) is 0. The van der Waals surface area contributed by atoms with Crippen LogP contribution in [0.2, 0.25) is 0 Å². The van der Waals surface area contributed by atoms with Gasteiger partial charge in [-0.1, -0.05) is 0 Å². The van der Waals surface area contributed by atoms with Gasteiger partial charge in [-0.3, -0.25) is 4.79 Å². The lowest BCUT2D eigenvalue weighted by atomic mass is 10.2. The minimum atomic E-state index is -5.13. The third-order valence-electron chi connectivity index (χ3n) is 2.27. The van der Waals surface area contributed by atoms with Gasteiger partial charge in [0.05, 0.1) is 0 Å². The predicted octanol–water partition coefficient (Wildman–Crippen LogP) is 2.59. The Hall–Kier alpha value is -1.60. The Labute approximate surface area is 114 Å². The molecule has 0 atom stereocenters. The van der Waals surface area contributed by atoms with Gasteiger partial charge in [0.25, 0.3) is 0 Å². The van der Waals surface area contributed by atoms with Gasteiger partial charge in [0.2, 0.25) is 5.83 Å². The summed E-state index contributed by atoms with van der Waals surface area (Å²) in [6.45, 7) is 5.74. The molecule has 0 saturated heterocycles. The molecule has 0 aliphatic heterocycles. The number of halogens is 4. The van der Waals surface area contributed by atoms with E-state index in [-0.39, 0.29) is 18.2 Å². The van der Waals surface area contributed by atoms with E-state index in [2.05, 4.69) is 4.74 Å². The van der Waals surface area contributed by atoms with Crippen LogP contribution in [0.25, 0.3) is 0 Å². The molecule has 0 saturated carbocycles. The topological polar surface area (TPSA) is 46.6 Å². The molecular formula is C12H17F4NO3. The average Bonchev–Trinajstić information content (AvgIpc) is 2.26. The molecule has 0 aromatic heterocycles. The zero-order valence-electron chi connectivity index (χ0n) is 11.6. The first-order chi connectivity index (χ1) is 8.98. The summed E-state index contributed by atoms with van der Waals surface area (Å²) in [6, 6.07) is -0.560. The summed E-state index contributed by atoms with van der Waals surface area (Å²) >= 11 is 0. The van der Waals surface area contributed by atoms with E-state index in [4.69, 9.17) is 0 Å². The van der Waals surface area contributed by atoms with Gasteiger partial charge in [-0.2, -0.15) is 13.2 Å². The van der Waals surface area contributed by atoms with Crippen molar-refractivity contribution in [2.45, 2.75) is 46.0 Å². The number of rotatable bonds is 4. The van der Waals surface area contributed by atoms with Gasteiger partial charge in [0.15, 0.2) is 0 Å². The number of nitrogens with zero attached hydrogens (tertiary/aromatic N) is 1. The van der Waals surface area contributed by atoms with Gasteiger partial charge < -0.3 is 9.64 Å². The second-order valence-electron chi connectivity index (χ2n) is 4.55. The molecule has 0 aromatic rings. The number of esters is 1. The lowest BCUT2D eigenvalue weighted by Gasteiger charge is -2.29.